The number of alkyl carbamates (subject to hydrolysis) is 3. The average Bonchev–Trinajstić information content (AvgIpc) is 0.757. The number of nitrogens with one attached hydrogen (secondary N) is 5. The van der Waals surface area contributed by atoms with Crippen molar-refractivity contribution in [3.8, 4) is 33.4 Å². The zero-order chi connectivity index (χ0) is 96.4. The Labute approximate surface area is 787 Å². The maximum absolute atomic E-state index is 15.6. The molecular formula is C101H130ClF3N8O17S3. The lowest BCUT2D eigenvalue weighted by atomic mass is 9.72. The van der Waals surface area contributed by atoms with E-state index in [2.05, 4.69) is 66.5 Å². The number of carbonyl (C=O) groups is 5. The summed E-state index contributed by atoms with van der Waals surface area (Å²) in [4.78, 5) is 58.5. The van der Waals surface area contributed by atoms with Crippen molar-refractivity contribution in [1.29, 1.82) is 0 Å². The number of aryl methyl sites for hydroxylation is 3. The van der Waals surface area contributed by atoms with Crippen LogP contribution in [0.15, 0.2) is 215 Å². The van der Waals surface area contributed by atoms with Crippen molar-refractivity contribution < 1.29 is 91.9 Å². The second kappa shape index (κ2) is 52.6. The zero-order valence-electron chi connectivity index (χ0n) is 76.8. The number of aldehydes is 2. The molecule has 0 saturated carbocycles. The quantitative estimate of drug-likeness (QED) is 0.00820. The van der Waals surface area contributed by atoms with Crippen LogP contribution >= 0.6 is 10.7 Å². The van der Waals surface area contributed by atoms with Crippen LogP contribution in [-0.2, 0) is 66.7 Å². The topological polar surface area (TPSA) is 346 Å². The second-order valence-electron chi connectivity index (χ2n) is 33.0. The van der Waals surface area contributed by atoms with Crippen LogP contribution < -0.4 is 26.6 Å². The monoisotopic (exact) mass is 1910 g/mol. The van der Waals surface area contributed by atoms with E-state index in [4.69, 9.17) is 10.7 Å². The number of amides is 3. The van der Waals surface area contributed by atoms with E-state index in [-0.39, 0.29) is 85.0 Å². The summed E-state index contributed by atoms with van der Waals surface area (Å²) in [6.07, 6.45) is 5.50. The van der Waals surface area contributed by atoms with E-state index in [0.29, 0.717) is 140 Å². The van der Waals surface area contributed by atoms with Crippen molar-refractivity contribution in [3.63, 3.8) is 0 Å². The van der Waals surface area contributed by atoms with Crippen LogP contribution in [0.2, 0.25) is 0 Å². The average molecular weight is 1920 g/mol. The molecule has 3 heterocycles. The predicted octanol–water partition coefficient (Wildman–Crippen LogP) is 17.5. The maximum atomic E-state index is 15.6. The van der Waals surface area contributed by atoms with Gasteiger partial charge in [0.25, 0.3) is 9.05 Å². The van der Waals surface area contributed by atoms with Crippen molar-refractivity contribution in [3.05, 3.63) is 268 Å². The fraction of sp³-hybridized carbons (Fsp3) is 0.416. The van der Waals surface area contributed by atoms with Gasteiger partial charge in [-0.3, -0.25) is 9.59 Å². The van der Waals surface area contributed by atoms with E-state index in [9.17, 15) is 64.5 Å². The van der Waals surface area contributed by atoms with Gasteiger partial charge in [0.2, 0.25) is 20.0 Å². The van der Waals surface area contributed by atoms with Gasteiger partial charge in [-0.05, 0) is 225 Å². The highest BCUT2D eigenvalue weighted by molar-refractivity contribution is 8.13. The zero-order valence-corrected chi connectivity index (χ0v) is 80.0. The van der Waals surface area contributed by atoms with Crippen molar-refractivity contribution in [2.75, 3.05) is 107 Å². The van der Waals surface area contributed by atoms with Gasteiger partial charge in [-0.2, -0.15) is 8.61 Å². The molecule has 12 rings (SSSR count). The summed E-state index contributed by atoms with van der Waals surface area (Å²) in [7, 11) is -0.701. The van der Waals surface area contributed by atoms with Crippen LogP contribution in [0.25, 0.3) is 33.4 Å². The SMILES string of the molecule is C.CCN(CC)CC.CNCc1ccc(S(=O)(=O)N2CCC[C@@H](C(O)(CCCNC(=O)OC)c3cccc(F)c3-c3cccc(C)c3)C2)cc1.COC(=O)NCCCC(O)(c1cccc(F)c1-c1cccc(C)c1)[C@@H]1CCCN(S(=O)(=O)c2ccc(C=O)cc2)C1.COC(=O)NCCCC(O)(c1cccc(F)c1-c1cccc(C)c1)[C@@H]1CCCNC1.O=Cc1ccc(S(=O)(=O)Cl)cc1. The number of aliphatic hydroxyl groups is 3. The van der Waals surface area contributed by atoms with Crippen molar-refractivity contribution in [2.45, 2.75) is 164 Å². The molecule has 3 aliphatic heterocycles. The minimum atomic E-state index is -3.92. The summed E-state index contributed by atoms with van der Waals surface area (Å²) in [6, 6.07) is 54.6. The molecule has 0 aromatic heterocycles. The first kappa shape index (κ1) is 110. The van der Waals surface area contributed by atoms with Crippen LogP contribution in [0.4, 0.5) is 27.6 Å². The number of sulfonamides is 2. The lowest BCUT2D eigenvalue weighted by Gasteiger charge is -2.43. The van der Waals surface area contributed by atoms with E-state index in [1.807, 2.05) is 101 Å². The number of methoxy groups -OCH3 is 3. The van der Waals surface area contributed by atoms with Crippen LogP contribution in [-0.4, -0.2) is 192 Å². The van der Waals surface area contributed by atoms with Gasteiger partial charge >= 0.3 is 18.3 Å². The molecular weight excluding hydrogens is 1790 g/mol. The Kier molecular flexibility index (Phi) is 43.4. The summed E-state index contributed by atoms with van der Waals surface area (Å²) in [5.41, 5.74) is 4.67. The summed E-state index contributed by atoms with van der Waals surface area (Å²) >= 11 is 0. The number of halogens is 4. The smallest absolute Gasteiger partial charge is 0.406 e. The molecule has 0 aliphatic carbocycles. The molecule has 8 N–H and O–H groups in total. The summed E-state index contributed by atoms with van der Waals surface area (Å²) in [5.74, 6) is -2.43. The van der Waals surface area contributed by atoms with Gasteiger partial charge in [0.1, 0.15) is 30.0 Å². The number of benzene rings is 9. The highest BCUT2D eigenvalue weighted by atomic mass is 35.7. The molecule has 9 aromatic rings. The van der Waals surface area contributed by atoms with Gasteiger partial charge in [0.15, 0.2) is 0 Å². The van der Waals surface area contributed by atoms with E-state index < -0.39 is 87.7 Å². The minimum Gasteiger partial charge on any atom is -0.453 e. The molecule has 3 aliphatic rings. The van der Waals surface area contributed by atoms with Crippen molar-refractivity contribution in [1.82, 2.24) is 40.1 Å². The lowest BCUT2D eigenvalue weighted by Crippen LogP contribution is -2.48. The maximum Gasteiger partial charge on any atom is 0.406 e. The number of carbonyl (C=O) groups excluding carboxylic acids is 5. The van der Waals surface area contributed by atoms with E-state index >= 15 is 13.2 Å². The number of piperidine rings is 3. The Hall–Kier alpha value is -10.3. The second-order valence-corrected chi connectivity index (χ2v) is 39.4. The molecule has 3 amide bonds. The molecule has 3 saturated heterocycles. The van der Waals surface area contributed by atoms with Crippen LogP contribution in [0.1, 0.15) is 165 Å². The highest BCUT2D eigenvalue weighted by Crippen LogP contribution is 2.49. The van der Waals surface area contributed by atoms with Crippen LogP contribution in [0.3, 0.4) is 0 Å². The summed E-state index contributed by atoms with van der Waals surface area (Å²) in [6.45, 7) is 19.6. The molecule has 0 radical (unpaired) electrons. The largest absolute Gasteiger partial charge is 0.453 e. The number of ether oxygens (including phenoxy) is 3. The Morgan fingerprint density at radius 1 is 0.481 bits per heavy atom. The van der Waals surface area contributed by atoms with Gasteiger partial charge in [-0.25, -0.2) is 52.8 Å². The van der Waals surface area contributed by atoms with Gasteiger partial charge in [0, 0.05) is 115 Å². The Morgan fingerprint density at radius 3 is 1.10 bits per heavy atom. The third-order valence-electron chi connectivity index (χ3n) is 24.3. The van der Waals surface area contributed by atoms with E-state index in [0.717, 1.165) is 47.2 Å². The lowest BCUT2D eigenvalue weighted by molar-refractivity contribution is -0.0512. The molecule has 0 bridgehead atoms. The Balaban J connectivity index is 0.000000249. The number of hydrogen-bond acceptors (Lipinski definition) is 20. The molecule has 32 heteroatoms. The molecule has 722 valence electrons. The third kappa shape index (κ3) is 30.1. The molecule has 0 spiro atoms. The van der Waals surface area contributed by atoms with E-state index in [1.165, 1.54) is 116 Å². The molecule has 3 unspecified atom stereocenters. The predicted molar refractivity (Wildman–Crippen MR) is 515 cm³/mol. The van der Waals surface area contributed by atoms with E-state index in [1.54, 1.807) is 60.7 Å². The third-order valence-corrected chi connectivity index (χ3v) is 29.4. The Bertz CT molecular complexity index is 5620. The first-order valence-electron chi connectivity index (χ1n) is 44.5. The molecule has 6 atom stereocenters. The van der Waals surface area contributed by atoms with Gasteiger partial charge < -0.3 is 61.0 Å². The normalized spacial score (nSPS) is 16.6. The van der Waals surface area contributed by atoms with Crippen LogP contribution in [0.5, 0.6) is 0 Å². The number of nitrogens with zero attached hydrogens (tertiary/aromatic N) is 3. The highest BCUT2D eigenvalue weighted by Gasteiger charge is 2.47. The van der Waals surface area contributed by atoms with Crippen molar-refractivity contribution >= 4 is 70.6 Å². The molecule has 9 aromatic carbocycles. The number of hydrogen-bond donors (Lipinski definition) is 8. The van der Waals surface area contributed by atoms with Gasteiger partial charge in [-0.1, -0.05) is 190 Å². The molecule has 25 nitrogen and oxygen atoms in total. The first-order chi connectivity index (χ1) is 63.0. The Morgan fingerprint density at radius 2 is 0.805 bits per heavy atom. The van der Waals surface area contributed by atoms with Gasteiger partial charge in [-0.15, -0.1) is 0 Å². The summed E-state index contributed by atoms with van der Waals surface area (Å²) in [5, 5.41) is 51.4. The standard InChI is InChI=1S/C32H40FN3O5S.C31H35FN2O6S.C24H31FN2O3.C7H5ClO3S.C6H15N.CH4/c1-23-8-4-9-25(20-23)30-28(11-5-12-29(30)33)32(38,17-7-18-35-31(37)41-3)26-10-6-19-36(22-26)42(39,40)27-15-13-24(14-16-27)21-34-2;1-22-7-3-8-24(19-22)29-27(10-4-11-28(29)32)31(37,16-6-17-33-30(36)40-2)25-9-5-18-34(20-25)41(38,39)26-14-12-23(21-35)13-15-26;1-17-7-3-8-18(15-17)22-20(10-4-11-21(22)25)24(29,19-9-5-13-26-16-19)12-6-14-27-23(28)30-2;8-12(10,11)7-3-1-6(5-9)2-4-7;1-4-7(5-2)6-3;/h4-5,8-9,11-16,20,26,34,38H,6-7,10,17-19,21-22H2,1-3H3,(H,35,37);3-4,7-8,10-15,19,21,25,37H,5-6,9,16-18,20H2,1-2H3,(H,33,36);3-4,7-8,10-11,15,19,26,29H,5-6,9,12-14,16H2,1-2H3,(H,27,28);1-5H;4-6H2,1-3H3;1H4/t26-,32?;25-,31?;19-,24?;;;/m111.../s1. The number of rotatable bonds is 33. The minimum absolute atomic E-state index is 0. The van der Waals surface area contributed by atoms with Crippen molar-refractivity contribution in [2.24, 2.45) is 17.8 Å². The van der Waals surface area contributed by atoms with Crippen LogP contribution in [0, 0.1) is 56.0 Å². The molecule has 133 heavy (non-hydrogen) atoms. The fourth-order valence-electron chi connectivity index (χ4n) is 17.2. The van der Waals surface area contributed by atoms with Gasteiger partial charge in [0.05, 0.1) is 52.8 Å². The summed E-state index contributed by atoms with van der Waals surface area (Å²) < 4.78 is 139. The molecule has 3 fully saturated rings. The fourth-order valence-corrected chi connectivity index (χ4v) is 21.0. The first-order valence-corrected chi connectivity index (χ1v) is 49.7.